The number of nitrogens with zero attached hydrogens (tertiary/aromatic N) is 1. The van der Waals surface area contributed by atoms with Crippen molar-refractivity contribution in [2.75, 3.05) is 0 Å². The average molecular weight is 291 g/mol. The van der Waals surface area contributed by atoms with Crippen molar-refractivity contribution in [2.45, 2.75) is 37.3 Å². The van der Waals surface area contributed by atoms with Crippen LogP contribution in [0.1, 0.15) is 30.7 Å². The standard InChI is InChI=1S/C15H17NO5/c17-10-4-1-8(2-5-10)11-7-9-3-6-12(13(11)14(18)19)16(9)15(20)21/h1-2,4-5,9,11-13,17H,3,6-7H2,(H,18,19)(H,20,21)/t9-,11+,12+,13+/m0/s1. The summed E-state index contributed by atoms with van der Waals surface area (Å²) < 4.78 is 0. The summed E-state index contributed by atoms with van der Waals surface area (Å²) in [6.07, 6.45) is 0.806. The van der Waals surface area contributed by atoms with Crippen molar-refractivity contribution in [1.29, 1.82) is 0 Å². The van der Waals surface area contributed by atoms with Gasteiger partial charge in [-0.15, -0.1) is 0 Å². The third-order valence-corrected chi connectivity index (χ3v) is 4.75. The maximum Gasteiger partial charge on any atom is 0.407 e. The largest absolute Gasteiger partial charge is 0.508 e. The highest BCUT2D eigenvalue weighted by Gasteiger charge is 2.52. The molecule has 0 spiro atoms. The molecule has 2 saturated heterocycles. The van der Waals surface area contributed by atoms with Gasteiger partial charge >= 0.3 is 12.1 Å². The third-order valence-electron chi connectivity index (χ3n) is 4.75. The molecular weight excluding hydrogens is 274 g/mol. The van der Waals surface area contributed by atoms with Crippen molar-refractivity contribution in [3.63, 3.8) is 0 Å². The molecule has 3 rings (SSSR count). The number of phenolic OH excluding ortho intramolecular Hbond substituents is 1. The lowest BCUT2D eigenvalue weighted by atomic mass is 9.76. The van der Waals surface area contributed by atoms with Crippen molar-refractivity contribution in [3.05, 3.63) is 29.8 Å². The molecule has 0 saturated carbocycles. The molecule has 6 nitrogen and oxygen atoms in total. The van der Waals surface area contributed by atoms with Gasteiger partial charge in [0.1, 0.15) is 5.75 Å². The summed E-state index contributed by atoms with van der Waals surface area (Å²) in [6.45, 7) is 0. The lowest BCUT2D eigenvalue weighted by molar-refractivity contribution is -0.146. The molecule has 0 radical (unpaired) electrons. The number of piperidine rings is 1. The van der Waals surface area contributed by atoms with Crippen LogP contribution in [0.4, 0.5) is 4.79 Å². The molecule has 2 aliphatic rings. The lowest BCUT2D eigenvalue weighted by Crippen LogP contribution is -2.52. The minimum absolute atomic E-state index is 0.109. The Hall–Kier alpha value is -2.24. The van der Waals surface area contributed by atoms with Crippen LogP contribution < -0.4 is 0 Å². The van der Waals surface area contributed by atoms with Crippen LogP contribution >= 0.6 is 0 Å². The molecule has 1 aromatic carbocycles. The predicted octanol–water partition coefficient (Wildman–Crippen LogP) is 2.09. The number of rotatable bonds is 2. The molecule has 0 aliphatic carbocycles. The Kier molecular flexibility index (Phi) is 3.23. The third kappa shape index (κ3) is 2.20. The van der Waals surface area contributed by atoms with Crippen molar-refractivity contribution in [3.8, 4) is 5.75 Å². The Morgan fingerprint density at radius 3 is 2.33 bits per heavy atom. The van der Waals surface area contributed by atoms with Crippen LogP contribution in [0.15, 0.2) is 24.3 Å². The molecule has 21 heavy (non-hydrogen) atoms. The number of amides is 1. The zero-order chi connectivity index (χ0) is 15.1. The number of carbonyl (C=O) groups is 2. The van der Waals surface area contributed by atoms with Crippen molar-refractivity contribution in [1.82, 2.24) is 4.90 Å². The van der Waals surface area contributed by atoms with Gasteiger partial charge in [-0.3, -0.25) is 4.79 Å². The van der Waals surface area contributed by atoms with E-state index in [-0.39, 0.29) is 17.7 Å². The Morgan fingerprint density at radius 1 is 1.10 bits per heavy atom. The zero-order valence-corrected chi connectivity index (χ0v) is 11.3. The van der Waals surface area contributed by atoms with Gasteiger partial charge in [-0.2, -0.15) is 0 Å². The molecule has 1 aromatic rings. The quantitative estimate of drug-likeness (QED) is 0.775. The minimum atomic E-state index is -1.03. The second-order valence-corrected chi connectivity index (χ2v) is 5.79. The monoisotopic (exact) mass is 291 g/mol. The van der Waals surface area contributed by atoms with E-state index in [9.17, 15) is 24.9 Å². The SMILES string of the molecule is O=C(O)[C@@H]1[C@@H](c2ccc(O)cc2)C[C@@H]2CC[C@H]1N2C(=O)O. The Bertz CT molecular complexity index is 570. The summed E-state index contributed by atoms with van der Waals surface area (Å²) in [6, 6.07) is 5.97. The fourth-order valence-corrected chi connectivity index (χ4v) is 3.90. The Morgan fingerprint density at radius 2 is 1.76 bits per heavy atom. The summed E-state index contributed by atoms with van der Waals surface area (Å²) in [4.78, 5) is 24.4. The van der Waals surface area contributed by atoms with Crippen LogP contribution in [0.25, 0.3) is 0 Å². The van der Waals surface area contributed by atoms with Crippen LogP contribution in [0, 0.1) is 5.92 Å². The first-order valence-corrected chi connectivity index (χ1v) is 7.02. The first kappa shape index (κ1) is 13.7. The van der Waals surface area contributed by atoms with Gasteiger partial charge in [-0.1, -0.05) is 12.1 Å². The van der Waals surface area contributed by atoms with Crippen molar-refractivity contribution < 1.29 is 24.9 Å². The highest BCUT2D eigenvalue weighted by molar-refractivity contribution is 5.75. The molecule has 1 amide bonds. The summed E-state index contributed by atoms with van der Waals surface area (Å²) in [5, 5.41) is 28.2. The second-order valence-electron chi connectivity index (χ2n) is 5.79. The number of hydrogen-bond donors (Lipinski definition) is 3. The number of phenols is 1. The van der Waals surface area contributed by atoms with Crippen LogP contribution in [-0.4, -0.2) is 44.4 Å². The van der Waals surface area contributed by atoms with E-state index in [0.717, 1.165) is 12.0 Å². The fourth-order valence-electron chi connectivity index (χ4n) is 3.90. The first-order valence-electron chi connectivity index (χ1n) is 7.02. The van der Waals surface area contributed by atoms with Crippen molar-refractivity contribution >= 4 is 12.1 Å². The molecule has 2 aliphatic heterocycles. The van der Waals surface area contributed by atoms with Crippen LogP contribution in [0.2, 0.25) is 0 Å². The summed E-state index contributed by atoms with van der Waals surface area (Å²) >= 11 is 0. The zero-order valence-electron chi connectivity index (χ0n) is 11.3. The van der Waals surface area contributed by atoms with Gasteiger partial charge < -0.3 is 20.2 Å². The highest BCUT2D eigenvalue weighted by Crippen LogP contribution is 2.47. The van der Waals surface area contributed by atoms with E-state index in [1.165, 1.54) is 4.90 Å². The molecule has 2 heterocycles. The van der Waals surface area contributed by atoms with Crippen LogP contribution in [0.5, 0.6) is 5.75 Å². The molecule has 6 heteroatoms. The molecular formula is C15H17NO5. The molecule has 0 unspecified atom stereocenters. The molecule has 0 aromatic heterocycles. The number of benzene rings is 1. The smallest absolute Gasteiger partial charge is 0.407 e. The molecule has 2 fully saturated rings. The molecule has 2 bridgehead atoms. The molecule has 112 valence electrons. The second kappa shape index (κ2) is 4.95. The van der Waals surface area contributed by atoms with Gasteiger partial charge in [0.2, 0.25) is 0 Å². The normalized spacial score (nSPS) is 31.1. The lowest BCUT2D eigenvalue weighted by Gasteiger charge is -2.41. The average Bonchev–Trinajstić information content (AvgIpc) is 2.73. The fraction of sp³-hybridized carbons (Fsp3) is 0.467. The van der Waals surface area contributed by atoms with Crippen LogP contribution in [-0.2, 0) is 4.79 Å². The van der Waals surface area contributed by atoms with Gasteiger partial charge in [0.15, 0.2) is 0 Å². The van der Waals surface area contributed by atoms with Crippen LogP contribution in [0.3, 0.4) is 0 Å². The van der Waals surface area contributed by atoms with E-state index in [1.54, 1.807) is 24.3 Å². The highest BCUT2D eigenvalue weighted by atomic mass is 16.4. The topological polar surface area (TPSA) is 98.1 Å². The Balaban J connectivity index is 1.97. The maximum atomic E-state index is 11.7. The van der Waals surface area contributed by atoms with E-state index >= 15 is 0 Å². The number of aliphatic carboxylic acids is 1. The van der Waals surface area contributed by atoms with E-state index in [4.69, 9.17) is 0 Å². The number of fused-ring (bicyclic) bond motifs is 2. The minimum Gasteiger partial charge on any atom is -0.508 e. The van der Waals surface area contributed by atoms with E-state index in [1.807, 2.05) is 0 Å². The number of hydrogen-bond acceptors (Lipinski definition) is 3. The Labute approximate surface area is 121 Å². The maximum absolute atomic E-state index is 11.7. The van der Waals surface area contributed by atoms with Gasteiger partial charge in [0, 0.05) is 18.0 Å². The molecule has 4 atom stereocenters. The number of carboxylic acids is 1. The van der Waals surface area contributed by atoms with Gasteiger partial charge in [0.05, 0.1) is 5.92 Å². The predicted molar refractivity (Wildman–Crippen MR) is 73.3 cm³/mol. The van der Waals surface area contributed by atoms with Gasteiger partial charge in [-0.25, -0.2) is 4.79 Å². The molecule has 3 N–H and O–H groups in total. The van der Waals surface area contributed by atoms with Gasteiger partial charge in [0.25, 0.3) is 0 Å². The first-order chi connectivity index (χ1) is 9.99. The number of carboxylic acid groups (broad SMARTS) is 2. The summed E-state index contributed by atoms with van der Waals surface area (Å²) in [5.41, 5.74) is 0.849. The summed E-state index contributed by atoms with van der Waals surface area (Å²) in [7, 11) is 0. The van der Waals surface area contributed by atoms with E-state index in [2.05, 4.69) is 0 Å². The van der Waals surface area contributed by atoms with E-state index < -0.39 is 24.0 Å². The van der Waals surface area contributed by atoms with Gasteiger partial charge in [-0.05, 0) is 37.0 Å². The summed E-state index contributed by atoms with van der Waals surface area (Å²) in [5.74, 6) is -1.76. The number of aromatic hydroxyl groups is 1. The van der Waals surface area contributed by atoms with E-state index in [0.29, 0.717) is 12.8 Å². The van der Waals surface area contributed by atoms with Crippen molar-refractivity contribution in [2.24, 2.45) is 5.92 Å².